The predicted octanol–water partition coefficient (Wildman–Crippen LogP) is 4.89. The van der Waals surface area contributed by atoms with Crippen LogP contribution in [-0.2, 0) is 26.2 Å². The fraction of sp³-hybridized carbons (Fsp3) is 0.355. The first-order chi connectivity index (χ1) is 20.4. The van der Waals surface area contributed by atoms with Gasteiger partial charge in [-0.3, -0.25) is 13.9 Å². The van der Waals surface area contributed by atoms with E-state index in [2.05, 4.69) is 5.32 Å². The molecule has 0 heterocycles. The Bertz CT molecular complexity index is 1500. The Kier molecular flexibility index (Phi) is 11.7. The Morgan fingerprint density at radius 3 is 2.09 bits per heavy atom. The van der Waals surface area contributed by atoms with Crippen LogP contribution in [0.4, 0.5) is 5.69 Å². The van der Waals surface area contributed by atoms with Gasteiger partial charge < -0.3 is 24.4 Å². The van der Waals surface area contributed by atoms with E-state index < -0.39 is 28.5 Å². The smallest absolute Gasteiger partial charge is 0.264 e. The number of halogens is 1. The molecule has 0 spiro atoms. The molecule has 0 aliphatic rings. The van der Waals surface area contributed by atoms with E-state index >= 15 is 0 Å². The first kappa shape index (κ1) is 33.5. The van der Waals surface area contributed by atoms with E-state index in [4.69, 9.17) is 25.8 Å². The maximum atomic E-state index is 14.1. The van der Waals surface area contributed by atoms with E-state index in [1.54, 1.807) is 55.5 Å². The van der Waals surface area contributed by atoms with Crippen molar-refractivity contribution in [3.8, 4) is 17.2 Å². The highest BCUT2D eigenvalue weighted by Gasteiger charge is 2.33. The fourth-order valence-corrected chi connectivity index (χ4v) is 5.84. The molecule has 1 atom stereocenters. The molecule has 0 saturated heterocycles. The van der Waals surface area contributed by atoms with Crippen molar-refractivity contribution < 1.29 is 32.2 Å². The Labute approximate surface area is 258 Å². The number of hydrogen-bond donors (Lipinski definition) is 1. The molecule has 2 amide bonds. The van der Waals surface area contributed by atoms with Crippen LogP contribution in [0.2, 0.25) is 5.02 Å². The molecule has 0 fully saturated rings. The fourth-order valence-electron chi connectivity index (χ4n) is 4.28. The average molecular weight is 632 g/mol. The molecule has 1 N–H and O–H groups in total. The highest BCUT2D eigenvalue weighted by atomic mass is 35.5. The number of methoxy groups -OCH3 is 2. The van der Waals surface area contributed by atoms with Gasteiger partial charge in [0.25, 0.3) is 10.0 Å². The molecule has 0 aromatic heterocycles. The van der Waals surface area contributed by atoms with Crippen LogP contribution in [0.5, 0.6) is 17.2 Å². The first-order valence-corrected chi connectivity index (χ1v) is 15.5. The van der Waals surface area contributed by atoms with E-state index in [0.717, 1.165) is 9.87 Å². The van der Waals surface area contributed by atoms with Crippen LogP contribution in [-0.4, -0.2) is 64.6 Å². The van der Waals surface area contributed by atoms with Crippen LogP contribution < -0.4 is 23.8 Å². The molecule has 3 rings (SSSR count). The third kappa shape index (κ3) is 8.55. The van der Waals surface area contributed by atoms with E-state index in [-0.39, 0.29) is 34.8 Å². The van der Waals surface area contributed by atoms with E-state index in [1.165, 1.54) is 37.3 Å². The van der Waals surface area contributed by atoms with Gasteiger partial charge in [-0.15, -0.1) is 0 Å². The molecule has 10 nitrogen and oxygen atoms in total. The summed E-state index contributed by atoms with van der Waals surface area (Å²) in [6.45, 7) is 6.98. The van der Waals surface area contributed by atoms with Gasteiger partial charge in [0, 0.05) is 23.7 Å². The summed E-state index contributed by atoms with van der Waals surface area (Å²) < 4.78 is 45.4. The Balaban J connectivity index is 2.08. The van der Waals surface area contributed by atoms with Crippen LogP contribution in [0.25, 0.3) is 0 Å². The Morgan fingerprint density at radius 2 is 1.53 bits per heavy atom. The van der Waals surface area contributed by atoms with Crippen LogP contribution in [0, 0.1) is 0 Å². The largest absolute Gasteiger partial charge is 0.494 e. The summed E-state index contributed by atoms with van der Waals surface area (Å²) in [6, 6.07) is 16.4. The molecular weight excluding hydrogens is 594 g/mol. The lowest BCUT2D eigenvalue weighted by atomic mass is 10.1. The Morgan fingerprint density at radius 1 is 0.907 bits per heavy atom. The van der Waals surface area contributed by atoms with Gasteiger partial charge in [0.15, 0.2) is 11.5 Å². The first-order valence-electron chi connectivity index (χ1n) is 13.7. The summed E-state index contributed by atoms with van der Waals surface area (Å²) in [4.78, 5) is 28.3. The monoisotopic (exact) mass is 631 g/mol. The van der Waals surface area contributed by atoms with Crippen LogP contribution >= 0.6 is 11.6 Å². The van der Waals surface area contributed by atoms with Crippen LogP contribution in [0.3, 0.4) is 0 Å². The molecule has 0 bridgehead atoms. The molecule has 0 saturated carbocycles. The highest BCUT2D eigenvalue weighted by molar-refractivity contribution is 7.92. The standard InChI is InChI=1S/C31H38ClN3O7S/c1-7-42-26-14-12-25(13-15-26)35(43(38,39)27-16-17-28(40-5)29(18-27)41-6)20-30(36)34(22(4)31(37)33-21(2)3)19-23-8-10-24(32)11-9-23/h8-18,21-22H,7,19-20H2,1-6H3,(H,33,37). The van der Waals surface area contributed by atoms with E-state index in [1.807, 2.05) is 20.8 Å². The molecule has 3 aromatic carbocycles. The number of sulfonamides is 1. The SMILES string of the molecule is CCOc1ccc(N(CC(=O)N(Cc2ccc(Cl)cc2)C(C)C(=O)NC(C)C)S(=O)(=O)c2ccc(OC)c(OC)c2)cc1. The van der Waals surface area contributed by atoms with Gasteiger partial charge >= 0.3 is 0 Å². The molecule has 0 aliphatic heterocycles. The normalized spacial score (nSPS) is 11.9. The van der Waals surface area contributed by atoms with Crippen molar-refractivity contribution in [3.63, 3.8) is 0 Å². The Hall–Kier alpha value is -3.96. The van der Waals surface area contributed by atoms with Gasteiger partial charge in [-0.1, -0.05) is 23.7 Å². The van der Waals surface area contributed by atoms with E-state index in [0.29, 0.717) is 23.1 Å². The van der Waals surface area contributed by atoms with Gasteiger partial charge in [-0.05, 0) is 81.8 Å². The maximum absolute atomic E-state index is 14.1. The lowest BCUT2D eigenvalue weighted by molar-refractivity contribution is -0.139. The van der Waals surface area contributed by atoms with Crippen molar-refractivity contribution in [2.75, 3.05) is 31.7 Å². The maximum Gasteiger partial charge on any atom is 0.264 e. The number of carbonyl (C=O) groups excluding carboxylic acids is 2. The zero-order valence-electron chi connectivity index (χ0n) is 25.2. The lowest BCUT2D eigenvalue weighted by Crippen LogP contribution is -2.52. The van der Waals surface area contributed by atoms with Crippen molar-refractivity contribution >= 4 is 39.1 Å². The molecule has 12 heteroatoms. The molecule has 0 radical (unpaired) electrons. The van der Waals surface area contributed by atoms with Crippen molar-refractivity contribution in [2.24, 2.45) is 0 Å². The zero-order valence-corrected chi connectivity index (χ0v) is 26.7. The average Bonchev–Trinajstić information content (AvgIpc) is 2.98. The van der Waals surface area contributed by atoms with Gasteiger partial charge in [-0.2, -0.15) is 0 Å². The number of ether oxygens (including phenoxy) is 3. The molecular formula is C31H38ClN3O7S. The summed E-state index contributed by atoms with van der Waals surface area (Å²) in [6.07, 6.45) is 0. The number of hydrogen-bond acceptors (Lipinski definition) is 7. The summed E-state index contributed by atoms with van der Waals surface area (Å²) in [5, 5.41) is 3.35. The second-order valence-electron chi connectivity index (χ2n) is 9.94. The highest BCUT2D eigenvalue weighted by Crippen LogP contribution is 2.33. The van der Waals surface area contributed by atoms with Gasteiger partial charge in [0.1, 0.15) is 18.3 Å². The zero-order chi connectivity index (χ0) is 31.7. The summed E-state index contributed by atoms with van der Waals surface area (Å²) in [5.41, 5.74) is 0.953. The van der Waals surface area contributed by atoms with Crippen molar-refractivity contribution in [1.82, 2.24) is 10.2 Å². The number of amides is 2. The molecule has 3 aromatic rings. The van der Waals surface area contributed by atoms with Gasteiger partial charge in [0.05, 0.1) is 31.4 Å². The third-order valence-electron chi connectivity index (χ3n) is 6.52. The number of nitrogens with zero attached hydrogens (tertiary/aromatic N) is 2. The number of benzene rings is 3. The minimum atomic E-state index is -4.32. The molecule has 1 unspecified atom stereocenters. The third-order valence-corrected chi connectivity index (χ3v) is 8.54. The second-order valence-corrected chi connectivity index (χ2v) is 12.2. The van der Waals surface area contributed by atoms with Crippen molar-refractivity contribution in [1.29, 1.82) is 0 Å². The number of anilines is 1. The van der Waals surface area contributed by atoms with Gasteiger partial charge in [-0.25, -0.2) is 8.42 Å². The van der Waals surface area contributed by atoms with Crippen LogP contribution in [0.15, 0.2) is 71.6 Å². The molecule has 43 heavy (non-hydrogen) atoms. The van der Waals surface area contributed by atoms with Gasteiger partial charge in [0.2, 0.25) is 11.8 Å². The number of carbonyl (C=O) groups is 2. The second kappa shape index (κ2) is 15.0. The van der Waals surface area contributed by atoms with Crippen molar-refractivity contribution in [3.05, 3.63) is 77.3 Å². The topological polar surface area (TPSA) is 114 Å². The quantitative estimate of drug-likeness (QED) is 0.269. The summed E-state index contributed by atoms with van der Waals surface area (Å²) in [7, 11) is -1.47. The van der Waals surface area contributed by atoms with Crippen LogP contribution in [0.1, 0.15) is 33.3 Å². The van der Waals surface area contributed by atoms with Crippen molar-refractivity contribution in [2.45, 2.75) is 51.2 Å². The summed E-state index contributed by atoms with van der Waals surface area (Å²) >= 11 is 6.05. The number of rotatable bonds is 14. The lowest BCUT2D eigenvalue weighted by Gasteiger charge is -2.32. The van der Waals surface area contributed by atoms with E-state index in [9.17, 15) is 18.0 Å². The minimum Gasteiger partial charge on any atom is -0.494 e. The minimum absolute atomic E-state index is 0.0518. The molecule has 0 aliphatic carbocycles. The summed E-state index contributed by atoms with van der Waals surface area (Å²) in [5.74, 6) is 0.158. The number of nitrogens with one attached hydrogen (secondary N) is 1. The predicted molar refractivity (Wildman–Crippen MR) is 166 cm³/mol. The molecule has 232 valence electrons.